The first-order valence-corrected chi connectivity index (χ1v) is 13.5. The monoisotopic (exact) mass is 509 g/mol. The van der Waals surface area contributed by atoms with Gasteiger partial charge in [0, 0.05) is 33.0 Å². The molecule has 4 heteroatoms. The summed E-state index contributed by atoms with van der Waals surface area (Å²) in [6, 6.07) is 40.7. The van der Waals surface area contributed by atoms with Crippen molar-refractivity contribution in [1.29, 1.82) is 0 Å². The molecule has 4 nitrogen and oxygen atoms in total. The van der Waals surface area contributed by atoms with E-state index in [2.05, 4.69) is 83.3 Å². The molecule has 0 radical (unpaired) electrons. The molecular formula is C36H19N3O. The summed E-state index contributed by atoms with van der Waals surface area (Å²) < 4.78 is 8.60. The Morgan fingerprint density at radius 2 is 1.27 bits per heavy atom. The molecule has 10 rings (SSSR count). The van der Waals surface area contributed by atoms with Crippen molar-refractivity contribution in [2.24, 2.45) is 0 Å². The summed E-state index contributed by atoms with van der Waals surface area (Å²) in [5.74, 6) is 0. The van der Waals surface area contributed by atoms with Gasteiger partial charge in [-0.3, -0.25) is 4.40 Å². The summed E-state index contributed by atoms with van der Waals surface area (Å²) >= 11 is 0. The summed E-state index contributed by atoms with van der Waals surface area (Å²) in [6.07, 6.45) is 0. The van der Waals surface area contributed by atoms with Crippen LogP contribution in [0.25, 0.3) is 93.2 Å². The zero-order valence-electron chi connectivity index (χ0n) is 21.2. The average Bonchev–Trinajstić information content (AvgIpc) is 3.64. The van der Waals surface area contributed by atoms with E-state index in [1.165, 1.54) is 32.7 Å². The summed E-state index contributed by atoms with van der Waals surface area (Å²) in [7, 11) is 0. The fraction of sp³-hybridized carbons (Fsp3) is 0. The molecule has 0 aliphatic rings. The predicted molar refractivity (Wildman–Crippen MR) is 164 cm³/mol. The van der Waals surface area contributed by atoms with Crippen molar-refractivity contribution in [3.63, 3.8) is 0 Å². The Hall–Kier alpha value is -5.48. The second kappa shape index (κ2) is 7.13. The molecule has 4 heterocycles. The van der Waals surface area contributed by atoms with Crippen molar-refractivity contribution in [3.8, 4) is 11.1 Å². The van der Waals surface area contributed by atoms with Gasteiger partial charge in [-0.25, -0.2) is 9.97 Å². The lowest BCUT2D eigenvalue weighted by Gasteiger charge is -2.06. The highest BCUT2D eigenvalue weighted by Gasteiger charge is 2.22. The molecule has 0 spiro atoms. The zero-order valence-corrected chi connectivity index (χ0v) is 21.2. The number of aromatic nitrogens is 3. The number of hydrogen-bond acceptors (Lipinski definition) is 3. The first-order chi connectivity index (χ1) is 19.8. The van der Waals surface area contributed by atoms with Gasteiger partial charge in [0.25, 0.3) is 0 Å². The number of hydrogen-bond donors (Lipinski definition) is 0. The van der Waals surface area contributed by atoms with Crippen LogP contribution in [-0.2, 0) is 0 Å². The maximum absolute atomic E-state index is 6.32. The van der Waals surface area contributed by atoms with Crippen LogP contribution in [0.1, 0.15) is 0 Å². The van der Waals surface area contributed by atoms with Gasteiger partial charge in [-0.1, -0.05) is 66.7 Å². The third kappa shape index (κ3) is 2.55. The Balaban J connectivity index is 1.41. The molecule has 0 aliphatic carbocycles. The van der Waals surface area contributed by atoms with Crippen LogP contribution in [0, 0.1) is 0 Å². The van der Waals surface area contributed by atoms with Gasteiger partial charge in [0.05, 0.1) is 22.1 Å². The first kappa shape index (κ1) is 20.5. The molecule has 0 aliphatic heterocycles. The molecule has 4 aromatic heterocycles. The molecule has 0 bridgehead atoms. The molecule has 40 heavy (non-hydrogen) atoms. The van der Waals surface area contributed by atoms with Gasteiger partial charge in [0.2, 0.25) is 0 Å². The quantitative estimate of drug-likeness (QED) is 0.221. The number of nitrogens with zero attached hydrogens (tertiary/aromatic N) is 3. The van der Waals surface area contributed by atoms with Crippen LogP contribution in [0.5, 0.6) is 0 Å². The van der Waals surface area contributed by atoms with E-state index in [-0.39, 0.29) is 0 Å². The van der Waals surface area contributed by atoms with Crippen molar-refractivity contribution < 1.29 is 4.42 Å². The molecule has 184 valence electrons. The Kier molecular flexibility index (Phi) is 3.65. The minimum Gasteiger partial charge on any atom is -0.456 e. The van der Waals surface area contributed by atoms with Crippen molar-refractivity contribution in [1.82, 2.24) is 14.4 Å². The number of rotatable bonds is 1. The van der Waals surface area contributed by atoms with E-state index in [1.807, 2.05) is 36.4 Å². The summed E-state index contributed by atoms with van der Waals surface area (Å²) in [5, 5.41) is 8.25. The topological polar surface area (TPSA) is 43.3 Å². The molecule has 0 saturated carbocycles. The molecule has 6 aromatic carbocycles. The van der Waals surface area contributed by atoms with E-state index < -0.39 is 0 Å². The van der Waals surface area contributed by atoms with Crippen LogP contribution in [0.4, 0.5) is 0 Å². The number of furan rings is 1. The minimum absolute atomic E-state index is 0.875. The molecule has 0 atom stereocenters. The van der Waals surface area contributed by atoms with Gasteiger partial charge >= 0.3 is 0 Å². The highest BCUT2D eigenvalue weighted by molar-refractivity contribution is 6.26. The second-order valence-electron chi connectivity index (χ2n) is 10.7. The van der Waals surface area contributed by atoms with Gasteiger partial charge in [-0.15, -0.1) is 0 Å². The smallest absolute Gasteiger partial charge is 0.165 e. The fourth-order valence-corrected chi connectivity index (χ4v) is 6.63. The van der Waals surface area contributed by atoms with Crippen LogP contribution in [0.2, 0.25) is 0 Å². The molecular weight excluding hydrogens is 490 g/mol. The molecule has 10 aromatic rings. The fourth-order valence-electron chi connectivity index (χ4n) is 6.63. The molecule has 0 saturated heterocycles. The van der Waals surface area contributed by atoms with Crippen LogP contribution in [0.3, 0.4) is 0 Å². The summed E-state index contributed by atoms with van der Waals surface area (Å²) in [6.45, 7) is 0. The molecule has 0 amide bonds. The number of benzene rings is 6. The van der Waals surface area contributed by atoms with E-state index in [0.29, 0.717) is 0 Å². The number of para-hydroxylation sites is 3. The standard InChI is InChI=1S/C36H19N3O/c1-2-8-21-15-22(14-13-20(21)7-1)23-16-27-25-18-26-24-9-3-6-12-32(24)40-33(26)19-31(25)39-35(27)28(17-23)34-36(39)38-30-11-5-4-10-29(30)37-34/h1-19H. The summed E-state index contributed by atoms with van der Waals surface area (Å²) in [5.41, 5.74) is 9.98. The zero-order chi connectivity index (χ0) is 25.9. The van der Waals surface area contributed by atoms with Gasteiger partial charge in [-0.2, -0.15) is 0 Å². The van der Waals surface area contributed by atoms with E-state index in [1.54, 1.807) is 0 Å². The minimum atomic E-state index is 0.875. The summed E-state index contributed by atoms with van der Waals surface area (Å²) in [4.78, 5) is 10.3. The van der Waals surface area contributed by atoms with Gasteiger partial charge in [0.15, 0.2) is 5.65 Å². The third-order valence-corrected chi connectivity index (χ3v) is 8.46. The van der Waals surface area contributed by atoms with Gasteiger partial charge in [0.1, 0.15) is 16.7 Å². The van der Waals surface area contributed by atoms with Crippen molar-refractivity contribution in [2.45, 2.75) is 0 Å². The van der Waals surface area contributed by atoms with Gasteiger partial charge < -0.3 is 4.42 Å². The molecule has 0 N–H and O–H groups in total. The third-order valence-electron chi connectivity index (χ3n) is 8.46. The van der Waals surface area contributed by atoms with Crippen LogP contribution < -0.4 is 0 Å². The number of fused-ring (bicyclic) bond motifs is 11. The normalized spacial score (nSPS) is 12.5. The Bertz CT molecular complexity index is 2660. The average molecular weight is 510 g/mol. The van der Waals surface area contributed by atoms with E-state index in [4.69, 9.17) is 14.4 Å². The Morgan fingerprint density at radius 1 is 0.500 bits per heavy atom. The first-order valence-electron chi connectivity index (χ1n) is 13.5. The molecule has 0 fully saturated rings. The lowest BCUT2D eigenvalue weighted by Crippen LogP contribution is -1.88. The van der Waals surface area contributed by atoms with Crippen LogP contribution in [0.15, 0.2) is 120 Å². The predicted octanol–water partition coefficient (Wildman–Crippen LogP) is 9.50. The lowest BCUT2D eigenvalue weighted by molar-refractivity contribution is 0.669. The SMILES string of the molecule is c1ccc2cc(-c3cc4c5cc6c(cc5n5c7nc8ccccc8nc7c(c3)c45)oc3ccccc36)ccc2c1. The second-order valence-corrected chi connectivity index (χ2v) is 10.7. The van der Waals surface area contributed by atoms with Gasteiger partial charge in [-0.05, 0) is 64.4 Å². The van der Waals surface area contributed by atoms with E-state index >= 15 is 0 Å². The maximum Gasteiger partial charge on any atom is 0.165 e. The van der Waals surface area contributed by atoms with Crippen LogP contribution in [-0.4, -0.2) is 14.4 Å². The highest BCUT2D eigenvalue weighted by atomic mass is 16.3. The largest absolute Gasteiger partial charge is 0.456 e. The van der Waals surface area contributed by atoms with Crippen molar-refractivity contribution >= 4 is 82.1 Å². The lowest BCUT2D eigenvalue weighted by atomic mass is 9.97. The maximum atomic E-state index is 6.32. The Morgan fingerprint density at radius 3 is 2.20 bits per heavy atom. The van der Waals surface area contributed by atoms with E-state index in [9.17, 15) is 0 Å². The molecule has 0 unspecified atom stereocenters. The highest BCUT2D eigenvalue weighted by Crippen LogP contribution is 2.43. The van der Waals surface area contributed by atoms with E-state index in [0.717, 1.165) is 60.6 Å². The Labute approximate surface area is 227 Å². The van der Waals surface area contributed by atoms with Crippen molar-refractivity contribution in [2.75, 3.05) is 0 Å². The van der Waals surface area contributed by atoms with Crippen LogP contribution >= 0.6 is 0 Å². The van der Waals surface area contributed by atoms with Crippen molar-refractivity contribution in [3.05, 3.63) is 115 Å².